The van der Waals surface area contributed by atoms with Crippen LogP contribution >= 0.6 is 50.5 Å². The van der Waals surface area contributed by atoms with Gasteiger partial charge in [0.25, 0.3) is 0 Å². The van der Waals surface area contributed by atoms with Crippen molar-refractivity contribution in [1.82, 2.24) is 0 Å². The topological polar surface area (TPSA) is 17.1 Å². The number of thiophene rings is 1. The van der Waals surface area contributed by atoms with Gasteiger partial charge >= 0.3 is 0 Å². The van der Waals surface area contributed by atoms with Gasteiger partial charge in [-0.15, -0.1) is 11.3 Å². The summed E-state index contributed by atoms with van der Waals surface area (Å²) in [4.78, 5) is 12.8. The van der Waals surface area contributed by atoms with E-state index < -0.39 is 0 Å². The predicted octanol–water partition coefficient (Wildman–Crippen LogP) is 5.55. The molecular formula is C13H9BrCl2OS. The van der Waals surface area contributed by atoms with Crippen LogP contribution in [0.15, 0.2) is 28.1 Å². The lowest BCUT2D eigenvalue weighted by molar-refractivity contribution is 0.0997. The molecule has 0 radical (unpaired) electrons. The van der Waals surface area contributed by atoms with Crippen LogP contribution in [-0.4, -0.2) is 5.78 Å². The summed E-state index contributed by atoms with van der Waals surface area (Å²) in [5.74, 6) is 0.0900. The molecule has 94 valence electrons. The summed E-state index contributed by atoms with van der Waals surface area (Å²) < 4.78 is 1.000. The van der Waals surface area contributed by atoms with E-state index in [2.05, 4.69) is 15.9 Å². The van der Waals surface area contributed by atoms with Crippen LogP contribution in [0.2, 0.25) is 10.0 Å². The lowest BCUT2D eigenvalue weighted by Crippen LogP contribution is -2.01. The first kappa shape index (κ1) is 14.1. The van der Waals surface area contributed by atoms with E-state index in [4.69, 9.17) is 23.2 Å². The summed E-state index contributed by atoms with van der Waals surface area (Å²) in [6.45, 7) is 1.97. The molecule has 0 unspecified atom stereocenters. The highest BCUT2D eigenvalue weighted by molar-refractivity contribution is 9.11. The Morgan fingerprint density at radius 1 is 1.28 bits per heavy atom. The van der Waals surface area contributed by atoms with Gasteiger partial charge in [0.05, 0.1) is 18.7 Å². The van der Waals surface area contributed by atoms with Gasteiger partial charge in [-0.2, -0.15) is 0 Å². The van der Waals surface area contributed by atoms with E-state index >= 15 is 0 Å². The van der Waals surface area contributed by atoms with Crippen molar-refractivity contribution in [3.05, 3.63) is 54.1 Å². The Morgan fingerprint density at radius 3 is 2.56 bits per heavy atom. The van der Waals surface area contributed by atoms with Gasteiger partial charge in [0.2, 0.25) is 0 Å². The Balaban J connectivity index is 2.18. The second-order valence-corrected chi connectivity index (χ2v) is 7.10. The maximum atomic E-state index is 12.1. The molecule has 0 fully saturated rings. The van der Waals surface area contributed by atoms with Gasteiger partial charge in [-0.3, -0.25) is 4.79 Å². The third-order valence-electron chi connectivity index (χ3n) is 2.48. The van der Waals surface area contributed by atoms with Crippen LogP contribution in [0.1, 0.15) is 20.8 Å². The molecule has 5 heteroatoms. The van der Waals surface area contributed by atoms with Crippen molar-refractivity contribution < 1.29 is 4.79 Å². The highest BCUT2D eigenvalue weighted by Gasteiger charge is 2.12. The summed E-state index contributed by atoms with van der Waals surface area (Å²) in [6, 6.07) is 7.16. The van der Waals surface area contributed by atoms with Crippen molar-refractivity contribution in [2.24, 2.45) is 0 Å². The van der Waals surface area contributed by atoms with Crippen LogP contribution in [0.4, 0.5) is 0 Å². The summed E-state index contributed by atoms with van der Waals surface area (Å²) in [5, 5.41) is 0.980. The van der Waals surface area contributed by atoms with Gasteiger partial charge in [0, 0.05) is 6.42 Å². The zero-order chi connectivity index (χ0) is 13.3. The van der Waals surface area contributed by atoms with Crippen molar-refractivity contribution in [1.29, 1.82) is 0 Å². The smallest absolute Gasteiger partial charge is 0.177 e. The number of Topliss-reactive ketones (excluding diaryl/α,β-unsaturated/α-hetero) is 1. The molecule has 0 saturated carbocycles. The molecule has 0 aliphatic carbocycles. The van der Waals surface area contributed by atoms with E-state index in [9.17, 15) is 4.79 Å². The monoisotopic (exact) mass is 362 g/mol. The molecule has 0 amide bonds. The fourth-order valence-electron chi connectivity index (χ4n) is 1.52. The van der Waals surface area contributed by atoms with Crippen LogP contribution in [0.3, 0.4) is 0 Å². The Morgan fingerprint density at radius 2 is 2.00 bits per heavy atom. The molecule has 0 N–H and O–H groups in total. The summed E-state index contributed by atoms with van der Waals surface area (Å²) in [6.07, 6.45) is 0.337. The molecular weight excluding hydrogens is 355 g/mol. The molecule has 0 saturated heterocycles. The molecule has 18 heavy (non-hydrogen) atoms. The third kappa shape index (κ3) is 3.15. The quantitative estimate of drug-likeness (QED) is 0.653. The van der Waals surface area contributed by atoms with Crippen molar-refractivity contribution in [2.75, 3.05) is 0 Å². The van der Waals surface area contributed by atoms with Gasteiger partial charge in [0.15, 0.2) is 5.78 Å². The average molecular weight is 364 g/mol. The van der Waals surface area contributed by atoms with Crippen molar-refractivity contribution in [3.63, 3.8) is 0 Å². The fourth-order valence-corrected chi connectivity index (χ4v) is 3.31. The van der Waals surface area contributed by atoms with Crippen LogP contribution in [-0.2, 0) is 6.42 Å². The van der Waals surface area contributed by atoms with Crippen molar-refractivity contribution >= 4 is 56.3 Å². The van der Waals surface area contributed by atoms with E-state index in [-0.39, 0.29) is 5.78 Å². The van der Waals surface area contributed by atoms with Gasteiger partial charge in [-0.05, 0) is 52.2 Å². The molecule has 0 atom stereocenters. The third-order valence-corrected chi connectivity index (χ3v) is 5.40. The van der Waals surface area contributed by atoms with Crippen LogP contribution in [0, 0.1) is 6.92 Å². The second-order valence-electron chi connectivity index (χ2n) is 3.92. The Labute approximate surface area is 128 Å². The number of hydrogen-bond acceptors (Lipinski definition) is 2. The molecule has 1 heterocycles. The summed E-state index contributed by atoms with van der Waals surface area (Å²) in [5.41, 5.74) is 1.95. The normalized spacial score (nSPS) is 10.7. The molecule has 2 rings (SSSR count). The maximum Gasteiger partial charge on any atom is 0.177 e. The standard InChI is InChI=1S/C13H9BrCl2OS/c1-7-4-12(18-13(7)14)11(17)6-8-2-3-9(15)10(16)5-8/h2-5H,6H2,1H3. The van der Waals surface area contributed by atoms with E-state index in [1.54, 1.807) is 12.1 Å². The zero-order valence-electron chi connectivity index (χ0n) is 9.47. The lowest BCUT2D eigenvalue weighted by Gasteiger charge is -2.01. The highest BCUT2D eigenvalue weighted by Crippen LogP contribution is 2.29. The molecule has 1 nitrogen and oxygen atoms in total. The molecule has 1 aromatic heterocycles. The summed E-state index contributed by atoms with van der Waals surface area (Å²) in [7, 11) is 0. The number of carbonyl (C=O) groups is 1. The number of aryl methyl sites for hydroxylation is 1. The SMILES string of the molecule is Cc1cc(C(=O)Cc2ccc(Cl)c(Cl)c2)sc1Br. The largest absolute Gasteiger partial charge is 0.293 e. The van der Waals surface area contributed by atoms with Crippen molar-refractivity contribution in [3.8, 4) is 0 Å². The Bertz CT molecular complexity index is 588. The van der Waals surface area contributed by atoms with Gasteiger partial charge in [-0.1, -0.05) is 29.3 Å². The van der Waals surface area contributed by atoms with E-state index in [0.717, 1.165) is 19.8 Å². The number of halogens is 3. The number of ketones is 1. The Hall–Kier alpha value is -0.350. The van der Waals surface area contributed by atoms with E-state index in [1.165, 1.54) is 11.3 Å². The minimum atomic E-state index is 0.0900. The van der Waals surface area contributed by atoms with Gasteiger partial charge in [-0.25, -0.2) is 0 Å². The highest BCUT2D eigenvalue weighted by atomic mass is 79.9. The average Bonchev–Trinajstić information content (AvgIpc) is 2.65. The molecule has 0 bridgehead atoms. The van der Waals surface area contributed by atoms with Gasteiger partial charge in [0.1, 0.15) is 0 Å². The second kappa shape index (κ2) is 5.74. The van der Waals surface area contributed by atoms with Crippen molar-refractivity contribution in [2.45, 2.75) is 13.3 Å². The first-order chi connectivity index (χ1) is 8.47. The first-order valence-electron chi connectivity index (χ1n) is 5.20. The molecule has 1 aromatic carbocycles. The fraction of sp³-hybridized carbons (Fsp3) is 0.154. The minimum absolute atomic E-state index is 0.0900. The summed E-state index contributed by atoms with van der Waals surface area (Å²) >= 11 is 16.6. The van der Waals surface area contributed by atoms with Crippen LogP contribution < -0.4 is 0 Å². The molecule has 0 aliphatic rings. The van der Waals surface area contributed by atoms with E-state index in [1.807, 2.05) is 19.1 Å². The minimum Gasteiger partial charge on any atom is -0.293 e. The number of hydrogen-bond donors (Lipinski definition) is 0. The van der Waals surface area contributed by atoms with Crippen LogP contribution in [0.5, 0.6) is 0 Å². The number of benzene rings is 1. The predicted molar refractivity (Wildman–Crippen MR) is 81.3 cm³/mol. The molecule has 2 aromatic rings. The zero-order valence-corrected chi connectivity index (χ0v) is 13.4. The Kier molecular flexibility index (Phi) is 4.49. The molecule has 0 spiro atoms. The van der Waals surface area contributed by atoms with Gasteiger partial charge < -0.3 is 0 Å². The molecule has 0 aliphatic heterocycles. The first-order valence-corrected chi connectivity index (χ1v) is 7.57. The number of rotatable bonds is 3. The maximum absolute atomic E-state index is 12.1. The van der Waals surface area contributed by atoms with E-state index in [0.29, 0.717) is 16.5 Å². The number of carbonyl (C=O) groups excluding carboxylic acids is 1. The van der Waals surface area contributed by atoms with Crippen LogP contribution in [0.25, 0.3) is 0 Å². The lowest BCUT2D eigenvalue weighted by atomic mass is 10.1.